The Kier molecular flexibility index (Phi) is 8.41. The smallest absolute Gasteiger partial charge is 0.251 e. The Balaban J connectivity index is 1.24. The van der Waals surface area contributed by atoms with Gasteiger partial charge in [-0.25, -0.2) is 0 Å². The van der Waals surface area contributed by atoms with Gasteiger partial charge in [-0.2, -0.15) is 0 Å². The summed E-state index contributed by atoms with van der Waals surface area (Å²) in [4.78, 5) is 29.8. The van der Waals surface area contributed by atoms with E-state index in [0.717, 1.165) is 25.1 Å². The first-order valence-electron chi connectivity index (χ1n) is 12.0. The molecule has 0 aliphatic heterocycles. The maximum atomic E-state index is 12.9. The zero-order chi connectivity index (χ0) is 23.6. The molecule has 0 bridgehead atoms. The van der Waals surface area contributed by atoms with Crippen LogP contribution in [-0.4, -0.2) is 35.4 Å². The molecule has 0 spiro atoms. The molecule has 176 valence electrons. The maximum Gasteiger partial charge on any atom is 0.251 e. The topological polar surface area (TPSA) is 83.1 Å². The lowest BCUT2D eigenvalue weighted by atomic mass is 10.1. The molecule has 34 heavy (non-hydrogen) atoms. The van der Waals surface area contributed by atoms with Crippen LogP contribution < -0.4 is 16.0 Å². The van der Waals surface area contributed by atoms with Crippen molar-refractivity contribution < 1.29 is 9.59 Å². The molecule has 1 fully saturated rings. The van der Waals surface area contributed by atoms with Crippen molar-refractivity contribution in [2.45, 2.75) is 50.2 Å². The predicted octanol–water partition coefficient (Wildman–Crippen LogP) is 3.81. The van der Waals surface area contributed by atoms with Crippen molar-refractivity contribution in [1.29, 1.82) is 0 Å². The lowest BCUT2D eigenvalue weighted by molar-refractivity contribution is -0.123. The molecule has 2 aromatic carbocycles. The summed E-state index contributed by atoms with van der Waals surface area (Å²) >= 11 is 0. The van der Waals surface area contributed by atoms with E-state index in [1.807, 2.05) is 42.5 Å². The van der Waals surface area contributed by atoms with Gasteiger partial charge in [-0.1, -0.05) is 54.6 Å². The predicted molar refractivity (Wildman–Crippen MR) is 133 cm³/mol. The first-order valence-corrected chi connectivity index (χ1v) is 12.0. The summed E-state index contributed by atoms with van der Waals surface area (Å²) in [7, 11) is 0. The second kappa shape index (κ2) is 12.1. The Morgan fingerprint density at radius 2 is 1.65 bits per heavy atom. The van der Waals surface area contributed by atoms with Gasteiger partial charge in [-0.3, -0.25) is 14.6 Å². The van der Waals surface area contributed by atoms with Crippen LogP contribution in [0.5, 0.6) is 0 Å². The van der Waals surface area contributed by atoms with Crippen LogP contribution >= 0.6 is 0 Å². The number of nitrogens with one attached hydrogen (secondary N) is 3. The second-order valence-electron chi connectivity index (χ2n) is 8.74. The molecule has 1 saturated carbocycles. The minimum atomic E-state index is -0.589. The summed E-state index contributed by atoms with van der Waals surface area (Å²) in [5, 5.41) is 9.46. The highest BCUT2D eigenvalue weighted by atomic mass is 16.2. The maximum absolute atomic E-state index is 12.9. The minimum Gasteiger partial charge on any atom is -0.349 e. The van der Waals surface area contributed by atoms with Gasteiger partial charge in [-0.15, -0.1) is 0 Å². The number of nitrogens with zero attached hydrogens (tertiary/aromatic N) is 1. The third kappa shape index (κ3) is 6.99. The Morgan fingerprint density at radius 3 is 2.38 bits per heavy atom. The number of aromatic nitrogens is 1. The summed E-state index contributed by atoms with van der Waals surface area (Å²) in [5.41, 5.74) is 2.73. The molecular formula is C28H32N4O2. The molecule has 3 aromatic rings. The number of carbonyl (C=O) groups excluding carboxylic acids is 2. The Bertz CT molecular complexity index is 1040. The molecule has 3 N–H and O–H groups in total. The van der Waals surface area contributed by atoms with Crippen molar-refractivity contribution in [3.05, 3.63) is 102 Å². The third-order valence-electron chi connectivity index (χ3n) is 6.17. The normalized spacial score (nSPS) is 17.5. The van der Waals surface area contributed by atoms with E-state index in [1.54, 1.807) is 18.3 Å². The van der Waals surface area contributed by atoms with E-state index < -0.39 is 6.04 Å². The molecule has 4 rings (SSSR count). The average molecular weight is 457 g/mol. The zero-order valence-corrected chi connectivity index (χ0v) is 19.3. The average Bonchev–Trinajstić information content (AvgIpc) is 3.67. The highest BCUT2D eigenvalue weighted by Gasteiger charge is 2.37. The van der Waals surface area contributed by atoms with Crippen LogP contribution in [0.2, 0.25) is 0 Å². The Labute approximate surface area is 201 Å². The number of benzene rings is 2. The highest BCUT2D eigenvalue weighted by Crippen LogP contribution is 2.40. The van der Waals surface area contributed by atoms with Gasteiger partial charge in [0.25, 0.3) is 5.91 Å². The molecule has 1 aliphatic carbocycles. The fourth-order valence-electron chi connectivity index (χ4n) is 4.15. The fourth-order valence-corrected chi connectivity index (χ4v) is 4.15. The number of rotatable bonds is 12. The molecule has 0 radical (unpaired) electrons. The molecular weight excluding hydrogens is 424 g/mol. The van der Waals surface area contributed by atoms with Crippen molar-refractivity contribution in [2.24, 2.45) is 0 Å². The van der Waals surface area contributed by atoms with E-state index in [-0.39, 0.29) is 11.8 Å². The van der Waals surface area contributed by atoms with Gasteiger partial charge in [0, 0.05) is 23.7 Å². The van der Waals surface area contributed by atoms with Gasteiger partial charge < -0.3 is 16.0 Å². The lowest BCUT2D eigenvalue weighted by Crippen LogP contribution is -2.46. The first kappa shape index (κ1) is 23.6. The van der Waals surface area contributed by atoms with Crippen molar-refractivity contribution in [3.63, 3.8) is 0 Å². The lowest BCUT2D eigenvalue weighted by Gasteiger charge is -2.19. The number of unbranched alkanes of at least 4 members (excludes halogenated alkanes) is 1. The van der Waals surface area contributed by atoms with E-state index in [9.17, 15) is 9.59 Å². The molecule has 1 aromatic heterocycles. The van der Waals surface area contributed by atoms with Crippen LogP contribution in [0.15, 0.2) is 85.1 Å². The number of hydrogen-bond acceptors (Lipinski definition) is 4. The van der Waals surface area contributed by atoms with Crippen LogP contribution in [0.4, 0.5) is 0 Å². The Morgan fingerprint density at radius 1 is 0.912 bits per heavy atom. The van der Waals surface area contributed by atoms with Crippen molar-refractivity contribution >= 4 is 11.8 Å². The molecule has 2 amide bonds. The summed E-state index contributed by atoms with van der Waals surface area (Å²) < 4.78 is 0. The molecule has 0 saturated heterocycles. The van der Waals surface area contributed by atoms with Crippen LogP contribution in [0, 0.1) is 0 Å². The summed E-state index contributed by atoms with van der Waals surface area (Å²) in [5.74, 6) is 0.186. The number of carbonyl (C=O) groups is 2. The zero-order valence-electron chi connectivity index (χ0n) is 19.3. The standard InChI is InChI=1S/C28H32N4O2/c33-27(22-13-5-2-6-14-22)32-25(28(34)31-20-23-15-7-9-17-29-23)16-8-10-18-30-26-19-24(26)21-11-3-1-4-12-21/h1-7,9,11-15,17,24-26,30H,8,10,16,18-20H2,(H,31,34)(H,32,33)/t24-,25-,26+/m0/s1. The third-order valence-corrected chi connectivity index (χ3v) is 6.17. The second-order valence-corrected chi connectivity index (χ2v) is 8.74. The SMILES string of the molecule is O=C(N[C@@H](CCCCN[C@@H]1C[C@H]1c1ccccc1)C(=O)NCc1ccccn1)c1ccccc1. The molecule has 6 nitrogen and oxygen atoms in total. The molecule has 3 atom stereocenters. The summed E-state index contributed by atoms with van der Waals surface area (Å²) in [6.07, 6.45) is 5.25. The van der Waals surface area contributed by atoms with Crippen LogP contribution in [0.1, 0.15) is 53.2 Å². The summed E-state index contributed by atoms with van der Waals surface area (Å²) in [6, 6.07) is 25.2. The van der Waals surface area contributed by atoms with E-state index in [2.05, 4.69) is 45.2 Å². The molecule has 6 heteroatoms. The largest absolute Gasteiger partial charge is 0.349 e. The van der Waals surface area contributed by atoms with Gasteiger partial charge in [-0.05, 0) is 62.1 Å². The van der Waals surface area contributed by atoms with Crippen LogP contribution in [0.3, 0.4) is 0 Å². The highest BCUT2D eigenvalue weighted by molar-refractivity contribution is 5.97. The van der Waals surface area contributed by atoms with Gasteiger partial charge in [0.1, 0.15) is 6.04 Å². The fraction of sp³-hybridized carbons (Fsp3) is 0.321. The Hall–Kier alpha value is -3.51. The number of hydrogen-bond donors (Lipinski definition) is 3. The molecule has 1 aliphatic rings. The minimum absolute atomic E-state index is 0.186. The quantitative estimate of drug-likeness (QED) is 0.362. The van der Waals surface area contributed by atoms with Crippen LogP contribution in [0.25, 0.3) is 0 Å². The summed E-state index contributed by atoms with van der Waals surface area (Å²) in [6.45, 7) is 1.24. The number of pyridine rings is 1. The van der Waals surface area contributed by atoms with Gasteiger partial charge in [0.15, 0.2) is 0 Å². The number of amides is 2. The van der Waals surface area contributed by atoms with E-state index in [1.165, 1.54) is 12.0 Å². The van der Waals surface area contributed by atoms with E-state index in [0.29, 0.717) is 30.5 Å². The van der Waals surface area contributed by atoms with E-state index >= 15 is 0 Å². The van der Waals surface area contributed by atoms with Crippen molar-refractivity contribution in [1.82, 2.24) is 20.9 Å². The van der Waals surface area contributed by atoms with E-state index in [4.69, 9.17) is 0 Å². The first-order chi connectivity index (χ1) is 16.7. The van der Waals surface area contributed by atoms with Crippen LogP contribution in [-0.2, 0) is 11.3 Å². The molecule has 1 heterocycles. The van der Waals surface area contributed by atoms with Crippen molar-refractivity contribution in [3.8, 4) is 0 Å². The van der Waals surface area contributed by atoms with Gasteiger partial charge in [0.05, 0.1) is 12.2 Å². The van der Waals surface area contributed by atoms with Crippen molar-refractivity contribution in [2.75, 3.05) is 6.54 Å². The monoisotopic (exact) mass is 456 g/mol. The van der Waals surface area contributed by atoms with Gasteiger partial charge >= 0.3 is 0 Å². The van der Waals surface area contributed by atoms with Gasteiger partial charge in [0.2, 0.25) is 5.91 Å². The molecule has 0 unspecified atom stereocenters.